The second-order valence-corrected chi connectivity index (χ2v) is 4.93. The molecule has 14 heavy (non-hydrogen) atoms. The van der Waals surface area contributed by atoms with Crippen molar-refractivity contribution in [2.45, 2.75) is 19.9 Å². The number of sulfonamides is 1. The molecule has 1 aromatic heterocycles. The fourth-order valence-electron chi connectivity index (χ4n) is 1.04. The summed E-state index contributed by atoms with van der Waals surface area (Å²) in [5.74, 6) is 0.174. The van der Waals surface area contributed by atoms with Crippen LogP contribution in [-0.2, 0) is 16.6 Å². The summed E-state index contributed by atoms with van der Waals surface area (Å²) >= 11 is 0. The molecule has 0 aliphatic heterocycles. The predicted molar refractivity (Wildman–Crippen MR) is 55.2 cm³/mol. The average Bonchev–Trinajstić information content (AvgIpc) is 2.17. The van der Waals surface area contributed by atoms with Crippen LogP contribution < -0.4 is 4.72 Å². The Morgan fingerprint density at radius 1 is 1.50 bits per heavy atom. The first-order valence-corrected chi connectivity index (χ1v) is 6.15. The Kier molecular flexibility index (Phi) is 4.03. The predicted octanol–water partition coefficient (Wildman–Crippen LogP) is 0.911. The molecular weight excluding hydrogens is 200 g/mol. The molecule has 0 saturated carbocycles. The smallest absolute Gasteiger partial charge is 0.211 e. The lowest BCUT2D eigenvalue weighted by atomic mass is 10.3. The molecule has 0 atom stereocenters. The molecule has 0 aromatic carbocycles. The van der Waals surface area contributed by atoms with Gasteiger partial charge < -0.3 is 0 Å². The quantitative estimate of drug-likeness (QED) is 0.792. The van der Waals surface area contributed by atoms with E-state index in [2.05, 4.69) is 9.71 Å². The standard InChI is InChI=1S/C9H14N2O2S/c1-2-6-14(12,13)11-8-9-4-3-5-10-7-9/h3-5,7,11H,2,6,8H2,1H3. The molecule has 5 heteroatoms. The van der Waals surface area contributed by atoms with Gasteiger partial charge in [0.1, 0.15) is 0 Å². The summed E-state index contributed by atoms with van der Waals surface area (Å²) in [5, 5.41) is 0. The maximum atomic E-state index is 11.3. The molecule has 0 aliphatic rings. The Morgan fingerprint density at radius 3 is 2.86 bits per heavy atom. The van der Waals surface area contributed by atoms with Crippen molar-refractivity contribution in [1.29, 1.82) is 0 Å². The summed E-state index contributed by atoms with van der Waals surface area (Å²) in [6, 6.07) is 3.62. The van der Waals surface area contributed by atoms with E-state index in [1.807, 2.05) is 13.0 Å². The maximum absolute atomic E-state index is 11.3. The first-order chi connectivity index (χ1) is 6.64. The van der Waals surface area contributed by atoms with Gasteiger partial charge in [-0.2, -0.15) is 0 Å². The normalized spacial score (nSPS) is 11.5. The molecule has 1 heterocycles. The molecule has 0 unspecified atom stereocenters. The molecule has 0 amide bonds. The molecule has 1 rings (SSSR count). The van der Waals surface area contributed by atoms with E-state index in [1.165, 1.54) is 0 Å². The lowest BCUT2D eigenvalue weighted by Gasteiger charge is -2.04. The van der Waals surface area contributed by atoms with Crippen LogP contribution in [0.2, 0.25) is 0 Å². The highest BCUT2D eigenvalue weighted by atomic mass is 32.2. The van der Waals surface area contributed by atoms with E-state index in [-0.39, 0.29) is 5.75 Å². The number of nitrogens with zero attached hydrogens (tertiary/aromatic N) is 1. The van der Waals surface area contributed by atoms with Gasteiger partial charge in [0.15, 0.2) is 0 Å². The molecule has 0 bridgehead atoms. The minimum Gasteiger partial charge on any atom is -0.264 e. The second-order valence-electron chi connectivity index (χ2n) is 3.00. The average molecular weight is 214 g/mol. The number of nitrogens with one attached hydrogen (secondary N) is 1. The zero-order chi connectivity index (χ0) is 10.4. The topological polar surface area (TPSA) is 59.1 Å². The monoisotopic (exact) mass is 214 g/mol. The van der Waals surface area contributed by atoms with Gasteiger partial charge in [-0.05, 0) is 18.1 Å². The van der Waals surface area contributed by atoms with E-state index in [9.17, 15) is 8.42 Å². The van der Waals surface area contributed by atoms with Crippen LogP contribution in [0.3, 0.4) is 0 Å². The Labute approximate surface area is 84.4 Å². The first kappa shape index (κ1) is 11.1. The van der Waals surface area contributed by atoms with Crippen LogP contribution in [0.4, 0.5) is 0 Å². The van der Waals surface area contributed by atoms with Crippen LogP contribution in [0.1, 0.15) is 18.9 Å². The Balaban J connectivity index is 2.49. The molecule has 4 nitrogen and oxygen atoms in total. The number of aromatic nitrogens is 1. The van der Waals surface area contributed by atoms with Crippen LogP contribution in [-0.4, -0.2) is 19.2 Å². The highest BCUT2D eigenvalue weighted by Crippen LogP contribution is 1.97. The summed E-state index contributed by atoms with van der Waals surface area (Å²) < 4.78 is 25.1. The third kappa shape index (κ3) is 3.85. The van der Waals surface area contributed by atoms with Crippen LogP contribution in [0, 0.1) is 0 Å². The van der Waals surface area contributed by atoms with E-state index >= 15 is 0 Å². The van der Waals surface area contributed by atoms with Crippen molar-refractivity contribution >= 4 is 10.0 Å². The third-order valence-corrected chi connectivity index (χ3v) is 3.22. The van der Waals surface area contributed by atoms with Crippen molar-refractivity contribution in [3.63, 3.8) is 0 Å². The fraction of sp³-hybridized carbons (Fsp3) is 0.444. The van der Waals surface area contributed by atoms with Crippen molar-refractivity contribution in [3.8, 4) is 0 Å². The molecule has 0 saturated heterocycles. The maximum Gasteiger partial charge on any atom is 0.211 e. The van der Waals surface area contributed by atoms with E-state index in [0.29, 0.717) is 13.0 Å². The number of hydrogen-bond acceptors (Lipinski definition) is 3. The third-order valence-electron chi connectivity index (χ3n) is 1.69. The highest BCUT2D eigenvalue weighted by Gasteiger charge is 2.07. The Bertz CT molecular complexity index is 362. The SMILES string of the molecule is CCCS(=O)(=O)NCc1cccnc1. The van der Waals surface area contributed by atoms with Gasteiger partial charge in [-0.15, -0.1) is 0 Å². The molecule has 0 spiro atoms. The minimum absolute atomic E-state index is 0.174. The summed E-state index contributed by atoms with van der Waals surface area (Å²) in [5.41, 5.74) is 0.868. The van der Waals surface area contributed by atoms with Crippen LogP contribution in [0.25, 0.3) is 0 Å². The lowest BCUT2D eigenvalue weighted by molar-refractivity contribution is 0.580. The van der Waals surface area contributed by atoms with Crippen LogP contribution in [0.5, 0.6) is 0 Å². The highest BCUT2D eigenvalue weighted by molar-refractivity contribution is 7.89. The molecule has 1 N–H and O–H groups in total. The van der Waals surface area contributed by atoms with Crippen molar-refractivity contribution in [2.24, 2.45) is 0 Å². The van der Waals surface area contributed by atoms with E-state index in [1.54, 1.807) is 18.5 Å². The lowest BCUT2D eigenvalue weighted by Crippen LogP contribution is -2.25. The van der Waals surface area contributed by atoms with Gasteiger partial charge in [0.25, 0.3) is 0 Å². The van der Waals surface area contributed by atoms with Crippen molar-refractivity contribution in [3.05, 3.63) is 30.1 Å². The number of rotatable bonds is 5. The fourth-order valence-corrected chi connectivity index (χ4v) is 2.11. The van der Waals surface area contributed by atoms with E-state index < -0.39 is 10.0 Å². The molecule has 0 fully saturated rings. The number of hydrogen-bond donors (Lipinski definition) is 1. The Morgan fingerprint density at radius 2 is 2.29 bits per heavy atom. The summed E-state index contributed by atoms with van der Waals surface area (Å²) in [6.45, 7) is 2.15. The van der Waals surface area contributed by atoms with E-state index in [4.69, 9.17) is 0 Å². The molecule has 0 aliphatic carbocycles. The van der Waals surface area contributed by atoms with Gasteiger partial charge in [-0.1, -0.05) is 13.0 Å². The largest absolute Gasteiger partial charge is 0.264 e. The van der Waals surface area contributed by atoms with Crippen LogP contribution >= 0.6 is 0 Å². The Hall–Kier alpha value is -0.940. The van der Waals surface area contributed by atoms with Gasteiger partial charge in [0.05, 0.1) is 5.75 Å². The van der Waals surface area contributed by atoms with E-state index in [0.717, 1.165) is 5.56 Å². The zero-order valence-corrected chi connectivity index (χ0v) is 8.92. The van der Waals surface area contributed by atoms with Crippen molar-refractivity contribution < 1.29 is 8.42 Å². The van der Waals surface area contributed by atoms with Gasteiger partial charge >= 0.3 is 0 Å². The van der Waals surface area contributed by atoms with Crippen molar-refractivity contribution in [2.75, 3.05) is 5.75 Å². The molecular formula is C9H14N2O2S. The first-order valence-electron chi connectivity index (χ1n) is 4.50. The summed E-state index contributed by atoms with van der Waals surface area (Å²) in [6.07, 6.45) is 3.93. The van der Waals surface area contributed by atoms with Gasteiger partial charge in [0, 0.05) is 18.9 Å². The summed E-state index contributed by atoms with van der Waals surface area (Å²) in [7, 11) is -3.11. The van der Waals surface area contributed by atoms with Gasteiger partial charge in [0.2, 0.25) is 10.0 Å². The van der Waals surface area contributed by atoms with Gasteiger partial charge in [-0.25, -0.2) is 13.1 Å². The van der Waals surface area contributed by atoms with Crippen LogP contribution in [0.15, 0.2) is 24.5 Å². The zero-order valence-electron chi connectivity index (χ0n) is 8.10. The summed E-state index contributed by atoms with van der Waals surface area (Å²) in [4.78, 5) is 3.90. The number of pyridine rings is 1. The molecule has 0 radical (unpaired) electrons. The second kappa shape index (κ2) is 5.07. The van der Waals surface area contributed by atoms with Crippen molar-refractivity contribution in [1.82, 2.24) is 9.71 Å². The molecule has 1 aromatic rings. The molecule has 78 valence electrons. The minimum atomic E-state index is -3.11. The van der Waals surface area contributed by atoms with Gasteiger partial charge in [-0.3, -0.25) is 4.98 Å².